The Kier molecular flexibility index (Phi) is 6.60. The summed E-state index contributed by atoms with van der Waals surface area (Å²) in [5.41, 5.74) is 4.69. The average molecular weight is 505 g/mol. The van der Waals surface area contributed by atoms with Gasteiger partial charge < -0.3 is 4.90 Å². The second-order valence-electron chi connectivity index (χ2n) is 8.94. The van der Waals surface area contributed by atoms with E-state index in [4.69, 9.17) is 35.8 Å². The molecule has 9 heteroatoms. The molecule has 2 saturated heterocycles. The molecule has 5 rings (SSSR count). The number of rotatable bonds is 4. The van der Waals surface area contributed by atoms with Crippen LogP contribution in [0.15, 0.2) is 36.4 Å². The van der Waals surface area contributed by atoms with E-state index in [0.29, 0.717) is 29.4 Å². The molecule has 3 aliphatic rings. The Morgan fingerprint density at radius 3 is 2.42 bits per heavy atom. The van der Waals surface area contributed by atoms with Gasteiger partial charge in [0.1, 0.15) is 0 Å². The average Bonchev–Trinajstić information content (AvgIpc) is 3.09. The maximum atomic E-state index is 12.4. The number of nitrogens with zero attached hydrogens (tertiary/aromatic N) is 3. The number of benzene rings is 2. The van der Waals surface area contributed by atoms with Crippen LogP contribution in [0.5, 0.6) is 0 Å². The quantitative estimate of drug-likeness (QED) is 0.488. The summed E-state index contributed by atoms with van der Waals surface area (Å²) in [6, 6.07) is 11.9. The van der Waals surface area contributed by atoms with Gasteiger partial charge >= 0.3 is 0 Å². The zero-order valence-corrected chi connectivity index (χ0v) is 20.5. The summed E-state index contributed by atoms with van der Waals surface area (Å²) in [4.78, 5) is 30.7. The summed E-state index contributed by atoms with van der Waals surface area (Å²) in [5, 5.41) is 3.65. The minimum Gasteiger partial charge on any atom is -0.369 e. The SMILES string of the molecule is O=C1CCC(N2Cc3cc(CN4CCN(c5cc(Cl)cc(Cl)c5)CC4)ccc3C2S)C(=O)N1. The Bertz CT molecular complexity index is 1070. The zero-order valence-electron chi connectivity index (χ0n) is 18.1. The van der Waals surface area contributed by atoms with Crippen LogP contribution in [-0.2, 0) is 22.7 Å². The fourth-order valence-electron chi connectivity index (χ4n) is 5.03. The van der Waals surface area contributed by atoms with Gasteiger partial charge in [0.05, 0.1) is 11.4 Å². The van der Waals surface area contributed by atoms with Crippen LogP contribution in [0.4, 0.5) is 5.69 Å². The van der Waals surface area contributed by atoms with Gasteiger partial charge in [-0.2, -0.15) is 12.6 Å². The number of fused-ring (bicyclic) bond motifs is 1. The second kappa shape index (κ2) is 9.47. The lowest BCUT2D eigenvalue weighted by atomic mass is 10.0. The third-order valence-corrected chi connectivity index (χ3v) is 7.77. The van der Waals surface area contributed by atoms with Crippen molar-refractivity contribution in [2.45, 2.75) is 37.3 Å². The van der Waals surface area contributed by atoms with Crippen LogP contribution in [0.25, 0.3) is 0 Å². The lowest BCUT2D eigenvalue weighted by Gasteiger charge is -2.36. The van der Waals surface area contributed by atoms with Crippen molar-refractivity contribution < 1.29 is 9.59 Å². The molecule has 2 atom stereocenters. The molecule has 0 bridgehead atoms. The number of imide groups is 1. The highest BCUT2D eigenvalue weighted by atomic mass is 35.5. The summed E-state index contributed by atoms with van der Waals surface area (Å²) in [6.45, 7) is 5.31. The van der Waals surface area contributed by atoms with Crippen LogP contribution in [0.1, 0.15) is 34.9 Å². The van der Waals surface area contributed by atoms with Gasteiger partial charge in [0.2, 0.25) is 11.8 Å². The highest BCUT2D eigenvalue weighted by Gasteiger charge is 2.39. The summed E-state index contributed by atoms with van der Waals surface area (Å²) in [6.07, 6.45) is 0.924. The number of carbonyl (C=O) groups excluding carboxylic acids is 2. The molecule has 2 fully saturated rings. The first kappa shape index (κ1) is 23.0. The van der Waals surface area contributed by atoms with Gasteiger partial charge in [0, 0.05) is 61.4 Å². The molecule has 0 aromatic heterocycles. The van der Waals surface area contributed by atoms with E-state index in [1.54, 1.807) is 6.07 Å². The van der Waals surface area contributed by atoms with Crippen molar-refractivity contribution in [2.75, 3.05) is 31.1 Å². The fraction of sp³-hybridized carbons (Fsp3) is 0.417. The molecule has 0 spiro atoms. The van der Waals surface area contributed by atoms with Crippen molar-refractivity contribution in [3.8, 4) is 0 Å². The predicted molar refractivity (Wildman–Crippen MR) is 134 cm³/mol. The van der Waals surface area contributed by atoms with Crippen molar-refractivity contribution >= 4 is 53.3 Å². The number of carbonyl (C=O) groups is 2. The summed E-state index contributed by atoms with van der Waals surface area (Å²) < 4.78 is 0. The number of hydrogen-bond donors (Lipinski definition) is 2. The number of piperazine rings is 1. The van der Waals surface area contributed by atoms with E-state index in [2.05, 4.69) is 38.2 Å². The van der Waals surface area contributed by atoms with E-state index < -0.39 is 0 Å². The van der Waals surface area contributed by atoms with Crippen LogP contribution in [0, 0.1) is 0 Å². The molecule has 3 heterocycles. The Hall–Kier alpha value is -1.77. The van der Waals surface area contributed by atoms with Gasteiger partial charge in [-0.25, -0.2) is 0 Å². The first-order chi connectivity index (χ1) is 15.9. The number of thiol groups is 1. The van der Waals surface area contributed by atoms with Gasteiger partial charge in [0.25, 0.3) is 0 Å². The van der Waals surface area contributed by atoms with Crippen molar-refractivity contribution in [3.63, 3.8) is 0 Å². The Labute approximate surface area is 209 Å². The zero-order chi connectivity index (χ0) is 23.1. The third kappa shape index (κ3) is 4.88. The molecule has 0 saturated carbocycles. The van der Waals surface area contributed by atoms with Crippen LogP contribution >= 0.6 is 35.8 Å². The standard InChI is InChI=1S/C24H26Cl2N4O2S/c25-17-10-18(26)12-19(11-17)29-7-5-28(6-8-29)13-15-1-2-20-16(9-15)14-30(24(20)33)21-3-4-22(31)27-23(21)32/h1-2,9-12,21,24,33H,3-8,13-14H2,(H,27,31,32). The molecule has 2 amide bonds. The molecule has 1 N–H and O–H groups in total. The Morgan fingerprint density at radius 1 is 1.00 bits per heavy atom. The van der Waals surface area contributed by atoms with E-state index in [1.807, 2.05) is 12.1 Å². The number of anilines is 1. The summed E-state index contributed by atoms with van der Waals surface area (Å²) in [5.74, 6) is -0.401. The molecule has 2 unspecified atom stereocenters. The van der Waals surface area contributed by atoms with Gasteiger partial charge in [-0.1, -0.05) is 41.4 Å². The van der Waals surface area contributed by atoms with Crippen LogP contribution in [0.3, 0.4) is 0 Å². The molecule has 6 nitrogen and oxygen atoms in total. The van der Waals surface area contributed by atoms with Crippen LogP contribution in [-0.4, -0.2) is 53.8 Å². The second-order valence-corrected chi connectivity index (χ2v) is 10.3. The number of hydrogen-bond acceptors (Lipinski definition) is 6. The Morgan fingerprint density at radius 2 is 1.73 bits per heavy atom. The predicted octanol–water partition coefficient (Wildman–Crippen LogP) is 3.86. The molecule has 2 aromatic rings. The maximum Gasteiger partial charge on any atom is 0.243 e. The number of nitrogens with one attached hydrogen (secondary N) is 1. The molecule has 33 heavy (non-hydrogen) atoms. The van der Waals surface area contributed by atoms with Crippen LogP contribution in [0.2, 0.25) is 10.0 Å². The van der Waals surface area contributed by atoms with Gasteiger partial charge in [0.15, 0.2) is 0 Å². The Balaban J connectivity index is 1.21. The van der Waals surface area contributed by atoms with Crippen molar-refractivity contribution in [1.29, 1.82) is 0 Å². The number of amides is 2. The topological polar surface area (TPSA) is 55.9 Å². The smallest absolute Gasteiger partial charge is 0.243 e. The molecule has 0 radical (unpaired) electrons. The first-order valence-electron chi connectivity index (χ1n) is 11.2. The van der Waals surface area contributed by atoms with E-state index >= 15 is 0 Å². The van der Waals surface area contributed by atoms with E-state index in [9.17, 15) is 9.59 Å². The van der Waals surface area contributed by atoms with Gasteiger partial charge in [-0.05, 0) is 41.3 Å². The molecule has 174 valence electrons. The molecular formula is C24H26Cl2N4O2S. The van der Waals surface area contributed by atoms with E-state index in [-0.39, 0.29) is 23.2 Å². The fourth-order valence-corrected chi connectivity index (χ4v) is 6.04. The number of piperidine rings is 1. The minimum absolute atomic E-state index is 0.133. The molecule has 3 aliphatic heterocycles. The van der Waals surface area contributed by atoms with Crippen molar-refractivity contribution in [3.05, 3.63) is 63.1 Å². The number of halogens is 2. The first-order valence-corrected chi connectivity index (χ1v) is 12.5. The van der Waals surface area contributed by atoms with Gasteiger partial charge in [-0.3, -0.25) is 24.7 Å². The summed E-state index contributed by atoms with van der Waals surface area (Å²) >= 11 is 17.1. The summed E-state index contributed by atoms with van der Waals surface area (Å²) in [7, 11) is 0. The van der Waals surface area contributed by atoms with E-state index in [0.717, 1.165) is 44.0 Å². The van der Waals surface area contributed by atoms with Crippen molar-refractivity contribution in [1.82, 2.24) is 15.1 Å². The molecular weight excluding hydrogens is 479 g/mol. The lowest BCUT2D eigenvalue weighted by Crippen LogP contribution is -2.51. The minimum atomic E-state index is -0.311. The molecule has 2 aromatic carbocycles. The maximum absolute atomic E-state index is 12.4. The monoisotopic (exact) mass is 504 g/mol. The van der Waals surface area contributed by atoms with Crippen molar-refractivity contribution in [2.24, 2.45) is 0 Å². The third-order valence-electron chi connectivity index (χ3n) is 6.75. The lowest BCUT2D eigenvalue weighted by molar-refractivity contribution is -0.137. The largest absolute Gasteiger partial charge is 0.369 e. The molecule has 0 aliphatic carbocycles. The van der Waals surface area contributed by atoms with Crippen LogP contribution < -0.4 is 10.2 Å². The van der Waals surface area contributed by atoms with Gasteiger partial charge in [-0.15, -0.1) is 0 Å². The normalized spacial score (nSPS) is 24.2. The highest BCUT2D eigenvalue weighted by Crippen LogP contribution is 2.39. The van der Waals surface area contributed by atoms with E-state index in [1.165, 1.54) is 11.1 Å². The highest BCUT2D eigenvalue weighted by molar-refractivity contribution is 7.80.